The molecule has 1 fully saturated rings. The van der Waals surface area contributed by atoms with Crippen molar-refractivity contribution >= 4 is 22.4 Å². The SMILES string of the molecule is O=C(c1ccccc1)N1CCN(c2nc(-c3ccccc3)cs2)CC1. The maximum atomic E-state index is 12.5. The van der Waals surface area contributed by atoms with Gasteiger partial charge in [0.25, 0.3) is 5.91 Å². The van der Waals surface area contributed by atoms with Gasteiger partial charge < -0.3 is 9.80 Å². The Labute approximate surface area is 151 Å². The van der Waals surface area contributed by atoms with E-state index in [1.165, 1.54) is 0 Å². The average Bonchev–Trinajstić information content (AvgIpc) is 3.19. The zero-order chi connectivity index (χ0) is 17.1. The Kier molecular flexibility index (Phi) is 4.48. The van der Waals surface area contributed by atoms with Gasteiger partial charge in [-0.3, -0.25) is 4.79 Å². The number of anilines is 1. The van der Waals surface area contributed by atoms with Gasteiger partial charge in [0.15, 0.2) is 5.13 Å². The molecule has 0 atom stereocenters. The van der Waals surface area contributed by atoms with Gasteiger partial charge >= 0.3 is 0 Å². The molecule has 0 unspecified atom stereocenters. The van der Waals surface area contributed by atoms with E-state index in [1.807, 2.05) is 53.4 Å². The highest BCUT2D eigenvalue weighted by Gasteiger charge is 2.23. The number of carbonyl (C=O) groups excluding carboxylic acids is 1. The number of carbonyl (C=O) groups is 1. The molecule has 0 saturated carbocycles. The van der Waals surface area contributed by atoms with Crippen LogP contribution in [0.4, 0.5) is 5.13 Å². The zero-order valence-corrected chi connectivity index (χ0v) is 14.7. The molecule has 1 aromatic heterocycles. The topological polar surface area (TPSA) is 36.4 Å². The van der Waals surface area contributed by atoms with Crippen molar-refractivity contribution in [3.8, 4) is 11.3 Å². The highest BCUT2D eigenvalue weighted by Crippen LogP contribution is 2.28. The average molecular weight is 349 g/mol. The molecule has 3 aromatic rings. The van der Waals surface area contributed by atoms with E-state index in [4.69, 9.17) is 4.98 Å². The van der Waals surface area contributed by atoms with Crippen LogP contribution in [-0.2, 0) is 0 Å². The van der Waals surface area contributed by atoms with Crippen molar-refractivity contribution in [1.82, 2.24) is 9.88 Å². The summed E-state index contributed by atoms with van der Waals surface area (Å²) >= 11 is 1.67. The van der Waals surface area contributed by atoms with Crippen LogP contribution in [0, 0.1) is 0 Å². The first-order valence-corrected chi connectivity index (χ1v) is 9.29. The van der Waals surface area contributed by atoms with Crippen LogP contribution in [0.3, 0.4) is 0 Å². The molecule has 126 valence electrons. The van der Waals surface area contributed by atoms with Crippen LogP contribution in [0.1, 0.15) is 10.4 Å². The summed E-state index contributed by atoms with van der Waals surface area (Å²) in [5.41, 5.74) is 2.92. The Morgan fingerprint density at radius 3 is 2.20 bits per heavy atom. The predicted molar refractivity (Wildman–Crippen MR) is 102 cm³/mol. The standard InChI is InChI=1S/C20H19N3OS/c24-19(17-9-5-2-6-10-17)22-11-13-23(14-12-22)20-21-18(15-25-20)16-7-3-1-4-8-16/h1-10,15H,11-14H2. The quantitative estimate of drug-likeness (QED) is 0.722. The molecule has 0 spiro atoms. The second kappa shape index (κ2) is 7.07. The molecule has 25 heavy (non-hydrogen) atoms. The number of nitrogens with zero attached hydrogens (tertiary/aromatic N) is 3. The lowest BCUT2D eigenvalue weighted by Gasteiger charge is -2.34. The molecule has 2 aromatic carbocycles. The Hall–Kier alpha value is -2.66. The fraction of sp³-hybridized carbons (Fsp3) is 0.200. The summed E-state index contributed by atoms with van der Waals surface area (Å²) in [5.74, 6) is 0.115. The summed E-state index contributed by atoms with van der Waals surface area (Å²) in [6.07, 6.45) is 0. The van der Waals surface area contributed by atoms with Crippen LogP contribution in [0.25, 0.3) is 11.3 Å². The van der Waals surface area contributed by atoms with Gasteiger partial charge in [-0.15, -0.1) is 11.3 Å². The number of thiazole rings is 1. The summed E-state index contributed by atoms with van der Waals surface area (Å²) in [7, 11) is 0. The van der Waals surface area contributed by atoms with Gasteiger partial charge in [0.05, 0.1) is 5.69 Å². The Bertz CT molecular complexity index is 840. The highest BCUT2D eigenvalue weighted by molar-refractivity contribution is 7.14. The molecule has 1 saturated heterocycles. The van der Waals surface area contributed by atoms with Crippen LogP contribution in [0.2, 0.25) is 0 Å². The van der Waals surface area contributed by atoms with Crippen LogP contribution < -0.4 is 4.90 Å². The maximum Gasteiger partial charge on any atom is 0.253 e. The van der Waals surface area contributed by atoms with Gasteiger partial charge in [-0.25, -0.2) is 4.98 Å². The number of hydrogen-bond donors (Lipinski definition) is 0. The molecule has 0 bridgehead atoms. The number of piperazine rings is 1. The van der Waals surface area contributed by atoms with Gasteiger partial charge in [0.1, 0.15) is 0 Å². The minimum Gasteiger partial charge on any atom is -0.345 e. The minimum atomic E-state index is 0.115. The van der Waals surface area contributed by atoms with Crippen LogP contribution >= 0.6 is 11.3 Å². The normalized spacial score (nSPS) is 14.6. The first kappa shape index (κ1) is 15.8. The molecule has 0 radical (unpaired) electrons. The van der Waals surface area contributed by atoms with Crippen molar-refractivity contribution < 1.29 is 4.79 Å². The molecule has 1 aliphatic rings. The number of amides is 1. The first-order valence-electron chi connectivity index (χ1n) is 8.41. The Morgan fingerprint density at radius 2 is 1.52 bits per heavy atom. The molecule has 5 heteroatoms. The van der Waals surface area contributed by atoms with Crippen LogP contribution in [-0.4, -0.2) is 42.0 Å². The minimum absolute atomic E-state index is 0.115. The number of rotatable bonds is 3. The summed E-state index contributed by atoms with van der Waals surface area (Å²) in [6.45, 7) is 3.10. The van der Waals surface area contributed by atoms with Gasteiger partial charge in [0, 0.05) is 42.7 Å². The second-order valence-corrected chi connectivity index (χ2v) is 6.86. The van der Waals surface area contributed by atoms with Crippen molar-refractivity contribution in [3.05, 3.63) is 71.6 Å². The summed E-state index contributed by atoms with van der Waals surface area (Å²) in [6, 6.07) is 19.7. The lowest BCUT2D eigenvalue weighted by Crippen LogP contribution is -2.48. The van der Waals surface area contributed by atoms with Crippen molar-refractivity contribution in [3.63, 3.8) is 0 Å². The van der Waals surface area contributed by atoms with Gasteiger partial charge in [-0.1, -0.05) is 48.5 Å². The number of hydrogen-bond acceptors (Lipinski definition) is 4. The lowest BCUT2D eigenvalue weighted by atomic mass is 10.2. The van der Waals surface area contributed by atoms with Gasteiger partial charge in [-0.05, 0) is 12.1 Å². The van der Waals surface area contributed by atoms with E-state index < -0.39 is 0 Å². The van der Waals surface area contributed by atoms with Crippen LogP contribution in [0.5, 0.6) is 0 Å². The maximum absolute atomic E-state index is 12.5. The van der Waals surface area contributed by atoms with E-state index in [0.29, 0.717) is 0 Å². The molecule has 1 amide bonds. The molecule has 1 aliphatic heterocycles. The van der Waals surface area contributed by atoms with Crippen LogP contribution in [0.15, 0.2) is 66.0 Å². The number of benzene rings is 2. The summed E-state index contributed by atoms with van der Waals surface area (Å²) < 4.78 is 0. The fourth-order valence-electron chi connectivity index (χ4n) is 3.02. The number of aromatic nitrogens is 1. The Balaban J connectivity index is 1.41. The third kappa shape index (κ3) is 3.42. The summed E-state index contributed by atoms with van der Waals surface area (Å²) in [5, 5.41) is 3.14. The molecule has 0 N–H and O–H groups in total. The smallest absolute Gasteiger partial charge is 0.253 e. The van der Waals surface area contributed by atoms with E-state index >= 15 is 0 Å². The molecule has 2 heterocycles. The highest BCUT2D eigenvalue weighted by atomic mass is 32.1. The molecule has 0 aliphatic carbocycles. The van der Waals surface area contributed by atoms with Crippen molar-refractivity contribution in [1.29, 1.82) is 0 Å². The van der Waals surface area contributed by atoms with Gasteiger partial charge in [-0.2, -0.15) is 0 Å². The van der Waals surface area contributed by atoms with E-state index in [-0.39, 0.29) is 5.91 Å². The van der Waals surface area contributed by atoms with E-state index in [9.17, 15) is 4.79 Å². The van der Waals surface area contributed by atoms with E-state index in [2.05, 4.69) is 22.4 Å². The molecule has 4 nitrogen and oxygen atoms in total. The molecule has 4 rings (SSSR count). The Morgan fingerprint density at radius 1 is 0.880 bits per heavy atom. The summed E-state index contributed by atoms with van der Waals surface area (Å²) in [4.78, 5) is 21.5. The first-order chi connectivity index (χ1) is 12.3. The lowest BCUT2D eigenvalue weighted by molar-refractivity contribution is 0.0747. The van der Waals surface area contributed by atoms with E-state index in [0.717, 1.165) is 48.1 Å². The van der Waals surface area contributed by atoms with Crippen molar-refractivity contribution in [2.45, 2.75) is 0 Å². The van der Waals surface area contributed by atoms with Crippen molar-refractivity contribution in [2.24, 2.45) is 0 Å². The second-order valence-electron chi connectivity index (χ2n) is 6.03. The third-order valence-corrected chi connectivity index (χ3v) is 5.32. The van der Waals surface area contributed by atoms with Crippen molar-refractivity contribution in [2.75, 3.05) is 31.1 Å². The fourth-order valence-corrected chi connectivity index (χ4v) is 3.90. The molecular formula is C20H19N3OS. The predicted octanol–water partition coefficient (Wildman–Crippen LogP) is 3.77. The van der Waals surface area contributed by atoms with E-state index in [1.54, 1.807) is 11.3 Å². The molecular weight excluding hydrogens is 330 g/mol. The largest absolute Gasteiger partial charge is 0.345 e. The zero-order valence-electron chi connectivity index (χ0n) is 13.8. The third-order valence-electron chi connectivity index (χ3n) is 4.42. The monoisotopic (exact) mass is 349 g/mol. The van der Waals surface area contributed by atoms with Gasteiger partial charge in [0.2, 0.25) is 0 Å².